The van der Waals surface area contributed by atoms with Crippen molar-refractivity contribution in [2.75, 3.05) is 36.8 Å². The predicted molar refractivity (Wildman–Crippen MR) is 121 cm³/mol. The Kier molecular flexibility index (Phi) is 6.77. The van der Waals surface area contributed by atoms with E-state index in [0.717, 1.165) is 5.82 Å². The molecule has 4 rings (SSSR count). The number of piperazine rings is 1. The van der Waals surface area contributed by atoms with Crippen LogP contribution >= 0.6 is 11.6 Å². The van der Waals surface area contributed by atoms with Gasteiger partial charge in [-0.2, -0.15) is 4.31 Å². The molecule has 0 aliphatic carbocycles. The number of amides is 3. The molecule has 2 saturated heterocycles. The first kappa shape index (κ1) is 23.3. The van der Waals surface area contributed by atoms with E-state index in [9.17, 15) is 18.0 Å². The minimum atomic E-state index is -3.83. The Morgan fingerprint density at radius 3 is 2.39 bits per heavy atom. The standard InChI is InChI=1S/C20H24ClN7O4S/c21-15-4-5-17(24-13-15)27-9-11-28(12-10-27)33(31,32)14-20(18(29)25-19(30)26-20)6-1-3-16-22-7-2-8-23-16/h2,4-5,7-8,13H,1,3,6,9-12,14H2,(H2,25,26,29,30)/t20-/m1/s1. The molecule has 11 nitrogen and oxygen atoms in total. The Labute approximate surface area is 196 Å². The number of aromatic nitrogens is 3. The van der Waals surface area contributed by atoms with Gasteiger partial charge in [0.15, 0.2) is 0 Å². The molecule has 2 aromatic heterocycles. The quantitative estimate of drug-likeness (QED) is 0.509. The average molecular weight is 494 g/mol. The monoisotopic (exact) mass is 493 g/mol. The van der Waals surface area contributed by atoms with Crippen LogP contribution < -0.4 is 15.5 Å². The van der Waals surface area contributed by atoms with E-state index in [-0.39, 0.29) is 19.5 Å². The summed E-state index contributed by atoms with van der Waals surface area (Å²) in [5, 5.41) is 5.27. The molecule has 2 aliphatic rings. The minimum Gasteiger partial charge on any atom is -0.354 e. The van der Waals surface area contributed by atoms with Crippen LogP contribution in [0.1, 0.15) is 18.7 Å². The topological polar surface area (TPSA) is 137 Å². The van der Waals surface area contributed by atoms with Gasteiger partial charge in [0.1, 0.15) is 17.2 Å². The number of nitrogens with zero attached hydrogens (tertiary/aromatic N) is 5. The maximum Gasteiger partial charge on any atom is 0.322 e. The lowest BCUT2D eigenvalue weighted by atomic mass is 9.95. The molecule has 0 spiro atoms. The fourth-order valence-electron chi connectivity index (χ4n) is 4.04. The zero-order chi connectivity index (χ0) is 23.5. The summed E-state index contributed by atoms with van der Waals surface area (Å²) in [4.78, 5) is 39.1. The molecule has 0 aromatic carbocycles. The van der Waals surface area contributed by atoms with Crippen molar-refractivity contribution in [3.8, 4) is 0 Å². The summed E-state index contributed by atoms with van der Waals surface area (Å²) < 4.78 is 27.8. The minimum absolute atomic E-state index is 0.150. The molecule has 2 aliphatic heterocycles. The van der Waals surface area contributed by atoms with Gasteiger partial charge in [0.25, 0.3) is 5.91 Å². The van der Waals surface area contributed by atoms with Gasteiger partial charge in [0.05, 0.1) is 10.8 Å². The van der Waals surface area contributed by atoms with E-state index in [4.69, 9.17) is 11.6 Å². The number of carbonyl (C=O) groups is 2. The maximum absolute atomic E-state index is 13.2. The SMILES string of the molecule is O=C1NC(=O)[C@@](CCCc2ncccn2)(CS(=O)(=O)N2CCN(c3ccc(Cl)cn3)CC2)N1. The van der Waals surface area contributed by atoms with Crippen LogP contribution in [-0.4, -0.2) is 77.1 Å². The number of pyridine rings is 1. The van der Waals surface area contributed by atoms with Gasteiger partial charge in [-0.05, 0) is 31.0 Å². The molecule has 2 N–H and O–H groups in total. The molecule has 0 saturated carbocycles. The summed E-state index contributed by atoms with van der Waals surface area (Å²) in [6.07, 6.45) is 5.82. The van der Waals surface area contributed by atoms with Crippen LogP contribution in [0.15, 0.2) is 36.8 Å². The summed E-state index contributed by atoms with van der Waals surface area (Å²) in [6, 6.07) is 4.53. The van der Waals surface area contributed by atoms with E-state index in [1.807, 2.05) is 4.90 Å². The van der Waals surface area contributed by atoms with Crippen LogP contribution in [0.25, 0.3) is 0 Å². The lowest BCUT2D eigenvalue weighted by molar-refractivity contribution is -0.123. The molecule has 0 radical (unpaired) electrons. The second-order valence-corrected chi connectivity index (χ2v) is 10.4. The summed E-state index contributed by atoms with van der Waals surface area (Å²) in [7, 11) is -3.83. The highest BCUT2D eigenvalue weighted by Crippen LogP contribution is 2.24. The molecule has 1 atom stereocenters. The van der Waals surface area contributed by atoms with Crippen molar-refractivity contribution in [3.63, 3.8) is 0 Å². The molecule has 3 amide bonds. The molecule has 0 unspecified atom stereocenters. The number of nitrogens with one attached hydrogen (secondary N) is 2. The molecule has 13 heteroatoms. The third-order valence-corrected chi connectivity index (χ3v) is 7.97. The van der Waals surface area contributed by atoms with Crippen LogP contribution in [0.5, 0.6) is 0 Å². The average Bonchev–Trinajstić information content (AvgIpc) is 3.07. The number of hydrogen-bond acceptors (Lipinski definition) is 8. The van der Waals surface area contributed by atoms with Gasteiger partial charge in [0, 0.05) is 51.2 Å². The highest BCUT2D eigenvalue weighted by Gasteiger charge is 2.50. The summed E-state index contributed by atoms with van der Waals surface area (Å²) in [6.45, 7) is 1.39. The van der Waals surface area contributed by atoms with Crippen molar-refractivity contribution in [3.05, 3.63) is 47.6 Å². The number of carbonyl (C=O) groups excluding carboxylic acids is 2. The number of aryl methyl sites for hydroxylation is 1. The third kappa shape index (κ3) is 5.40. The molecular formula is C20H24ClN7O4S. The Hall–Kier alpha value is -2.83. The first-order valence-corrected chi connectivity index (χ1v) is 12.5. The first-order valence-electron chi connectivity index (χ1n) is 10.5. The number of sulfonamides is 1. The first-order chi connectivity index (χ1) is 15.8. The second kappa shape index (κ2) is 9.57. The number of urea groups is 1. The summed E-state index contributed by atoms with van der Waals surface area (Å²) >= 11 is 5.88. The Morgan fingerprint density at radius 2 is 1.79 bits per heavy atom. The van der Waals surface area contributed by atoms with Gasteiger partial charge < -0.3 is 10.2 Å². The fourth-order valence-corrected chi connectivity index (χ4v) is 6.02. The molecule has 4 heterocycles. The van der Waals surface area contributed by atoms with E-state index in [1.165, 1.54) is 4.31 Å². The molecule has 2 fully saturated rings. The van der Waals surface area contributed by atoms with Crippen molar-refractivity contribution in [2.24, 2.45) is 0 Å². The van der Waals surface area contributed by atoms with E-state index >= 15 is 0 Å². The van der Waals surface area contributed by atoms with Gasteiger partial charge in [-0.25, -0.2) is 28.2 Å². The Bertz CT molecular complexity index is 1110. The van der Waals surface area contributed by atoms with Gasteiger partial charge in [0.2, 0.25) is 10.0 Å². The highest BCUT2D eigenvalue weighted by atomic mass is 35.5. The highest BCUT2D eigenvalue weighted by molar-refractivity contribution is 7.89. The predicted octanol–water partition coefficient (Wildman–Crippen LogP) is 0.578. The van der Waals surface area contributed by atoms with Gasteiger partial charge in [-0.1, -0.05) is 11.6 Å². The molecular weight excluding hydrogens is 470 g/mol. The van der Waals surface area contributed by atoms with E-state index in [1.54, 1.807) is 36.8 Å². The number of hydrogen-bond donors (Lipinski definition) is 2. The molecule has 33 heavy (non-hydrogen) atoms. The lowest BCUT2D eigenvalue weighted by Crippen LogP contribution is -2.57. The normalized spacial score (nSPS) is 21.7. The van der Waals surface area contributed by atoms with E-state index in [2.05, 4.69) is 25.6 Å². The van der Waals surface area contributed by atoms with Crippen molar-refractivity contribution in [2.45, 2.75) is 24.8 Å². The zero-order valence-corrected chi connectivity index (χ0v) is 19.3. The molecule has 0 bridgehead atoms. The van der Waals surface area contributed by atoms with Crippen LogP contribution in [0.3, 0.4) is 0 Å². The maximum atomic E-state index is 13.2. The van der Waals surface area contributed by atoms with Gasteiger partial charge >= 0.3 is 6.03 Å². The number of rotatable bonds is 8. The molecule has 176 valence electrons. The Balaban J connectivity index is 1.41. The Morgan fingerprint density at radius 1 is 1.06 bits per heavy atom. The summed E-state index contributed by atoms with van der Waals surface area (Å²) in [5.41, 5.74) is -1.53. The zero-order valence-electron chi connectivity index (χ0n) is 17.8. The number of anilines is 1. The van der Waals surface area contributed by atoms with Gasteiger partial charge in [-0.15, -0.1) is 0 Å². The lowest BCUT2D eigenvalue weighted by Gasteiger charge is -2.36. The summed E-state index contributed by atoms with van der Waals surface area (Å²) in [5.74, 6) is 0.173. The van der Waals surface area contributed by atoms with Crippen molar-refractivity contribution in [1.29, 1.82) is 0 Å². The van der Waals surface area contributed by atoms with Crippen LogP contribution in [0, 0.1) is 0 Å². The van der Waals surface area contributed by atoms with E-state index in [0.29, 0.717) is 36.8 Å². The van der Waals surface area contributed by atoms with Gasteiger partial charge in [-0.3, -0.25) is 10.1 Å². The van der Waals surface area contributed by atoms with Crippen LogP contribution in [-0.2, 0) is 21.2 Å². The second-order valence-electron chi connectivity index (χ2n) is 7.99. The third-order valence-electron chi connectivity index (χ3n) is 5.73. The van der Waals surface area contributed by atoms with Crippen LogP contribution in [0.4, 0.5) is 10.6 Å². The smallest absolute Gasteiger partial charge is 0.322 e. The number of halogens is 1. The van der Waals surface area contributed by atoms with Crippen molar-refractivity contribution < 1.29 is 18.0 Å². The van der Waals surface area contributed by atoms with E-state index < -0.39 is 33.3 Å². The largest absolute Gasteiger partial charge is 0.354 e. The molecule has 2 aromatic rings. The van der Waals surface area contributed by atoms with Crippen LogP contribution in [0.2, 0.25) is 5.02 Å². The fraction of sp³-hybridized carbons (Fsp3) is 0.450. The van der Waals surface area contributed by atoms with Crippen molar-refractivity contribution in [1.82, 2.24) is 29.9 Å². The number of imide groups is 1. The van der Waals surface area contributed by atoms with Crippen molar-refractivity contribution >= 4 is 39.4 Å².